The van der Waals surface area contributed by atoms with E-state index in [0.717, 1.165) is 27.7 Å². The molecule has 1 saturated heterocycles. The quantitative estimate of drug-likeness (QED) is 0.391. The molecule has 0 aromatic heterocycles. The minimum atomic E-state index is -4.42. The number of carbonyl (C=O) groups excluding carboxylic acids is 4. The molecule has 3 aliphatic carbocycles. The number of hydrogen-bond acceptors (Lipinski definition) is 12. The Hall–Kier alpha value is -2.25. The van der Waals surface area contributed by atoms with E-state index >= 15 is 0 Å². The van der Waals surface area contributed by atoms with Crippen LogP contribution in [0, 0.1) is 11.8 Å². The highest BCUT2D eigenvalue weighted by molar-refractivity contribution is 7.82. The maximum atomic E-state index is 12.0. The summed E-state index contributed by atoms with van der Waals surface area (Å²) in [4.78, 5) is 46.7. The molecule has 29 heavy (non-hydrogen) atoms. The Morgan fingerprint density at radius 3 is 1.03 bits per heavy atom. The molecule has 0 radical (unpaired) electrons. The summed E-state index contributed by atoms with van der Waals surface area (Å²) in [5, 5.41) is 0. The molecule has 0 aromatic carbocycles. The van der Waals surface area contributed by atoms with Gasteiger partial charge in [-0.2, -0.15) is 8.42 Å². The van der Waals surface area contributed by atoms with Gasteiger partial charge in [-0.1, -0.05) is 0 Å². The van der Waals surface area contributed by atoms with Crippen LogP contribution in [0.25, 0.3) is 0 Å². The topological polar surface area (TPSA) is 158 Å². The molecule has 0 amide bonds. The molecule has 162 valence electrons. The number of hydrogen-bond donors (Lipinski definition) is 0. The van der Waals surface area contributed by atoms with Crippen molar-refractivity contribution in [2.75, 3.05) is 0 Å². The van der Waals surface area contributed by atoms with Gasteiger partial charge in [-0.3, -0.25) is 19.2 Å². The Labute approximate surface area is 166 Å². The highest BCUT2D eigenvalue weighted by Gasteiger charge is 2.72. The molecule has 0 unspecified atom stereocenters. The first kappa shape index (κ1) is 21.5. The second-order valence-electron chi connectivity index (χ2n) is 6.98. The lowest BCUT2D eigenvalue weighted by Crippen LogP contribution is -2.74. The zero-order chi connectivity index (χ0) is 21.7. The van der Waals surface area contributed by atoms with Crippen LogP contribution in [0.2, 0.25) is 0 Å². The van der Waals surface area contributed by atoms with Crippen molar-refractivity contribution in [3.63, 3.8) is 0 Å². The number of fused-ring (bicyclic) bond motifs is 2. The summed E-state index contributed by atoms with van der Waals surface area (Å²) in [6.45, 7) is 4.44. The first-order valence-corrected chi connectivity index (χ1v) is 10.0. The van der Waals surface area contributed by atoms with Crippen LogP contribution in [-0.4, -0.2) is 68.9 Å². The third-order valence-electron chi connectivity index (χ3n) is 4.91. The third kappa shape index (κ3) is 4.07. The minimum absolute atomic E-state index is 0.747. The molecule has 4 fully saturated rings. The average Bonchev–Trinajstić information content (AvgIpc) is 2.85. The smallest absolute Gasteiger partial charge is 0.400 e. The Morgan fingerprint density at radius 1 is 0.586 bits per heavy atom. The summed E-state index contributed by atoms with van der Waals surface area (Å²) >= 11 is 0. The molecule has 4 aliphatic rings. The highest BCUT2D eigenvalue weighted by atomic mass is 32.3. The molecule has 6 atom stereocenters. The van der Waals surface area contributed by atoms with Crippen LogP contribution in [0.4, 0.5) is 0 Å². The molecule has 1 heterocycles. The Bertz CT molecular complexity index is 729. The fourth-order valence-corrected chi connectivity index (χ4v) is 5.38. The van der Waals surface area contributed by atoms with Crippen molar-refractivity contribution in [2.45, 2.75) is 64.3 Å². The molecule has 0 spiro atoms. The van der Waals surface area contributed by atoms with E-state index in [1.807, 2.05) is 0 Å². The van der Waals surface area contributed by atoms with Gasteiger partial charge in [-0.25, -0.2) is 8.37 Å². The van der Waals surface area contributed by atoms with E-state index in [2.05, 4.69) is 0 Å². The summed E-state index contributed by atoms with van der Waals surface area (Å²) in [7, 11) is -4.42. The third-order valence-corrected chi connectivity index (χ3v) is 5.83. The zero-order valence-corrected chi connectivity index (χ0v) is 16.7. The standard InChI is InChI=1S/C16H20O12S/c1-5(17)23-11-9-13(25-7(3)19)14(26-8(4)20)10(12(11)24-6(2)18)16-15(9)27-29(21,22)28-16/h9-16H,1-4H3/t9?,10?,11-,12+,13-,14+,15-,16+. The van der Waals surface area contributed by atoms with Crippen LogP contribution >= 0.6 is 0 Å². The molecule has 12 nitrogen and oxygen atoms in total. The van der Waals surface area contributed by atoms with Crippen molar-refractivity contribution in [3.8, 4) is 0 Å². The summed E-state index contributed by atoms with van der Waals surface area (Å²) in [5.74, 6) is -5.29. The van der Waals surface area contributed by atoms with E-state index in [-0.39, 0.29) is 0 Å². The average molecular weight is 436 g/mol. The van der Waals surface area contributed by atoms with Gasteiger partial charge in [-0.15, -0.1) is 0 Å². The number of carbonyl (C=O) groups is 4. The van der Waals surface area contributed by atoms with E-state index in [0.29, 0.717) is 0 Å². The van der Waals surface area contributed by atoms with E-state index in [9.17, 15) is 27.6 Å². The van der Waals surface area contributed by atoms with Crippen molar-refractivity contribution >= 4 is 34.3 Å². The summed E-state index contributed by atoms with van der Waals surface area (Å²) in [6.07, 6.45) is -7.33. The summed E-state index contributed by atoms with van der Waals surface area (Å²) < 4.78 is 55.1. The highest BCUT2D eigenvalue weighted by Crippen LogP contribution is 2.52. The van der Waals surface area contributed by atoms with Gasteiger partial charge in [0.05, 0.1) is 11.8 Å². The Morgan fingerprint density at radius 2 is 0.828 bits per heavy atom. The normalized spacial score (nSPS) is 39.2. The Kier molecular flexibility index (Phi) is 5.58. The largest absolute Gasteiger partial charge is 0.458 e. The van der Waals surface area contributed by atoms with Crippen LogP contribution in [0.3, 0.4) is 0 Å². The van der Waals surface area contributed by atoms with E-state index in [1.165, 1.54) is 0 Å². The van der Waals surface area contributed by atoms with Crippen molar-refractivity contribution in [2.24, 2.45) is 11.8 Å². The number of rotatable bonds is 4. The van der Waals surface area contributed by atoms with Crippen molar-refractivity contribution in [1.29, 1.82) is 0 Å². The monoisotopic (exact) mass is 436 g/mol. The van der Waals surface area contributed by atoms with Gasteiger partial charge in [0.25, 0.3) is 0 Å². The van der Waals surface area contributed by atoms with Crippen LogP contribution in [-0.2, 0) is 56.9 Å². The van der Waals surface area contributed by atoms with Gasteiger partial charge < -0.3 is 18.9 Å². The van der Waals surface area contributed by atoms with Crippen molar-refractivity contribution < 1.29 is 54.9 Å². The van der Waals surface area contributed by atoms with E-state index in [4.69, 9.17) is 27.3 Å². The Balaban J connectivity index is 2.13. The SMILES string of the molecule is CC(=O)O[C@@H]1C2[C@@H](OC(C)=O)[C@@H](OC(C)=O)C([C@@H]1OC(C)=O)[C@@H]1OS(=O)(=O)O[C@H]21. The molecule has 2 bridgehead atoms. The number of ether oxygens (including phenoxy) is 4. The van der Waals surface area contributed by atoms with Gasteiger partial charge in [0.1, 0.15) is 36.6 Å². The first-order valence-electron chi connectivity index (χ1n) is 8.71. The molecule has 1 aliphatic heterocycles. The fraction of sp³-hybridized carbons (Fsp3) is 0.750. The van der Waals surface area contributed by atoms with Crippen molar-refractivity contribution in [3.05, 3.63) is 0 Å². The zero-order valence-electron chi connectivity index (χ0n) is 15.9. The predicted octanol–water partition coefficient (Wildman–Crippen LogP) is -0.998. The van der Waals surface area contributed by atoms with Crippen LogP contribution in [0.1, 0.15) is 27.7 Å². The van der Waals surface area contributed by atoms with Crippen LogP contribution in [0.15, 0.2) is 0 Å². The van der Waals surface area contributed by atoms with Gasteiger partial charge in [0, 0.05) is 27.7 Å². The molecule has 4 rings (SSSR count). The maximum absolute atomic E-state index is 12.0. The van der Waals surface area contributed by atoms with Gasteiger partial charge in [0.2, 0.25) is 0 Å². The van der Waals surface area contributed by atoms with Gasteiger partial charge in [0.15, 0.2) is 0 Å². The fourth-order valence-electron chi connectivity index (χ4n) is 4.32. The molecule has 13 heteroatoms. The lowest BCUT2D eigenvalue weighted by atomic mass is 9.60. The van der Waals surface area contributed by atoms with E-state index in [1.54, 1.807) is 0 Å². The summed E-state index contributed by atoms with van der Waals surface area (Å²) in [6, 6.07) is 0. The molecular formula is C16H20O12S. The second-order valence-corrected chi connectivity index (χ2v) is 8.18. The first-order chi connectivity index (χ1) is 13.4. The maximum Gasteiger partial charge on any atom is 0.400 e. The lowest BCUT2D eigenvalue weighted by molar-refractivity contribution is -0.274. The van der Waals surface area contributed by atoms with Gasteiger partial charge in [-0.05, 0) is 0 Å². The van der Waals surface area contributed by atoms with Crippen LogP contribution in [0.5, 0.6) is 0 Å². The molecular weight excluding hydrogens is 416 g/mol. The van der Waals surface area contributed by atoms with E-state index < -0.39 is 82.7 Å². The second kappa shape index (κ2) is 7.54. The van der Waals surface area contributed by atoms with Gasteiger partial charge >= 0.3 is 34.3 Å². The van der Waals surface area contributed by atoms with Crippen LogP contribution < -0.4 is 0 Å². The predicted molar refractivity (Wildman–Crippen MR) is 87.9 cm³/mol. The minimum Gasteiger partial charge on any atom is -0.458 e. The lowest BCUT2D eigenvalue weighted by Gasteiger charge is -2.55. The van der Waals surface area contributed by atoms with Crippen molar-refractivity contribution in [1.82, 2.24) is 0 Å². The summed E-state index contributed by atoms with van der Waals surface area (Å²) in [5.41, 5.74) is 0. The molecule has 0 N–H and O–H groups in total. The molecule has 0 aromatic rings. The molecule has 3 saturated carbocycles. The number of esters is 4.